The van der Waals surface area contributed by atoms with E-state index in [1.54, 1.807) is 19.2 Å². The van der Waals surface area contributed by atoms with Crippen molar-refractivity contribution in [2.24, 2.45) is 7.05 Å². The van der Waals surface area contributed by atoms with Gasteiger partial charge in [0.15, 0.2) is 0 Å². The Balaban J connectivity index is 2.11. The number of hydrogen-bond acceptors (Lipinski definition) is 5. The fraction of sp³-hybridized carbons (Fsp3) is 0.200. The lowest BCUT2D eigenvalue weighted by Gasteiger charge is -2.19. The highest BCUT2D eigenvalue weighted by molar-refractivity contribution is 5.93. The summed E-state index contributed by atoms with van der Waals surface area (Å²) in [7, 11) is 1.64. The van der Waals surface area contributed by atoms with E-state index in [1.165, 1.54) is 16.8 Å². The van der Waals surface area contributed by atoms with Crippen LogP contribution in [0.5, 0.6) is 0 Å². The van der Waals surface area contributed by atoms with Gasteiger partial charge in [-0.2, -0.15) is 10.5 Å². The van der Waals surface area contributed by atoms with E-state index in [0.717, 1.165) is 11.1 Å². The van der Waals surface area contributed by atoms with E-state index < -0.39 is 0 Å². The quantitative estimate of drug-likeness (QED) is 0.788. The fourth-order valence-electron chi connectivity index (χ4n) is 3.14. The first-order chi connectivity index (χ1) is 12.5. The predicted molar refractivity (Wildman–Crippen MR) is 99.6 cm³/mol. The largest absolute Gasteiger partial charge is 0.363 e. The van der Waals surface area contributed by atoms with Crippen molar-refractivity contribution in [2.45, 2.75) is 19.9 Å². The zero-order valence-electron chi connectivity index (χ0n) is 14.7. The first-order valence-electron chi connectivity index (χ1n) is 8.13. The molecule has 0 unspecified atom stereocenters. The molecular formula is C20H17N5O. The second-order valence-electron chi connectivity index (χ2n) is 6.12. The van der Waals surface area contributed by atoms with Gasteiger partial charge in [0.05, 0.1) is 28.8 Å². The molecule has 0 radical (unpaired) electrons. The molecule has 128 valence electrons. The van der Waals surface area contributed by atoms with Crippen molar-refractivity contribution in [3.8, 4) is 12.1 Å². The van der Waals surface area contributed by atoms with Gasteiger partial charge in [-0.15, -0.1) is 0 Å². The first-order valence-corrected chi connectivity index (χ1v) is 8.13. The highest BCUT2D eigenvalue weighted by Crippen LogP contribution is 2.28. The highest BCUT2D eigenvalue weighted by Gasteiger charge is 2.15. The molecule has 6 nitrogen and oxygen atoms in total. The van der Waals surface area contributed by atoms with Crippen LogP contribution in [0, 0.1) is 29.6 Å². The molecule has 2 heterocycles. The number of aromatic nitrogens is 2. The zero-order chi connectivity index (χ0) is 18.8. The number of benzene rings is 1. The standard InChI is InChI=1S/C20H17N5O/c1-12-14(9-21)5-4-6-16(12)13(2)24-20-17-7-8-18(26)25(3)19(17)15(10-22)11-23-20/h4-8,11,13H,1-3H3,(H,23,24)/t13-/m1/s1. The van der Waals surface area contributed by atoms with Crippen LogP contribution in [0.1, 0.15) is 35.2 Å². The van der Waals surface area contributed by atoms with Crippen LogP contribution in [-0.2, 0) is 7.05 Å². The molecule has 0 amide bonds. The van der Waals surface area contributed by atoms with Crippen molar-refractivity contribution in [1.82, 2.24) is 9.55 Å². The van der Waals surface area contributed by atoms with Crippen molar-refractivity contribution in [3.05, 3.63) is 69.1 Å². The number of pyridine rings is 2. The monoisotopic (exact) mass is 343 g/mol. The average molecular weight is 343 g/mol. The third kappa shape index (κ3) is 2.78. The van der Waals surface area contributed by atoms with Crippen LogP contribution in [0.2, 0.25) is 0 Å². The number of anilines is 1. The van der Waals surface area contributed by atoms with Gasteiger partial charge in [-0.05, 0) is 37.1 Å². The lowest BCUT2D eigenvalue weighted by Crippen LogP contribution is -2.17. The van der Waals surface area contributed by atoms with E-state index in [0.29, 0.717) is 27.8 Å². The summed E-state index contributed by atoms with van der Waals surface area (Å²) in [5.41, 5.74) is 3.26. The second kappa shape index (κ2) is 6.70. The predicted octanol–water partition coefficient (Wildman–Crippen LogP) is 3.16. The molecule has 0 aliphatic carbocycles. The number of aryl methyl sites for hydroxylation is 1. The van der Waals surface area contributed by atoms with Crippen LogP contribution < -0.4 is 10.9 Å². The summed E-state index contributed by atoms with van der Waals surface area (Å²) in [5.74, 6) is 0.587. The van der Waals surface area contributed by atoms with Crippen molar-refractivity contribution >= 4 is 16.7 Å². The Kier molecular flexibility index (Phi) is 4.43. The van der Waals surface area contributed by atoms with Gasteiger partial charge in [-0.25, -0.2) is 4.98 Å². The van der Waals surface area contributed by atoms with E-state index in [1.807, 2.05) is 26.0 Å². The lowest BCUT2D eigenvalue weighted by atomic mass is 9.98. The second-order valence-corrected chi connectivity index (χ2v) is 6.12. The van der Waals surface area contributed by atoms with Gasteiger partial charge in [0.1, 0.15) is 11.9 Å². The van der Waals surface area contributed by atoms with Crippen LogP contribution in [0.4, 0.5) is 5.82 Å². The molecule has 0 fully saturated rings. The maximum Gasteiger partial charge on any atom is 0.250 e. The summed E-state index contributed by atoms with van der Waals surface area (Å²) in [6.45, 7) is 3.90. The molecule has 0 spiro atoms. The number of rotatable bonds is 3. The van der Waals surface area contributed by atoms with E-state index in [4.69, 9.17) is 0 Å². The van der Waals surface area contributed by atoms with Crippen LogP contribution >= 0.6 is 0 Å². The summed E-state index contributed by atoms with van der Waals surface area (Å²) in [5, 5.41) is 22.6. The van der Waals surface area contributed by atoms with E-state index >= 15 is 0 Å². The molecule has 6 heteroatoms. The first kappa shape index (κ1) is 17.2. The van der Waals surface area contributed by atoms with E-state index in [2.05, 4.69) is 22.4 Å². The zero-order valence-corrected chi connectivity index (χ0v) is 14.7. The van der Waals surface area contributed by atoms with Crippen molar-refractivity contribution in [2.75, 3.05) is 5.32 Å². The van der Waals surface area contributed by atoms with Gasteiger partial charge in [0.25, 0.3) is 5.56 Å². The van der Waals surface area contributed by atoms with Crippen LogP contribution in [0.15, 0.2) is 41.3 Å². The Hall–Kier alpha value is -3.64. The molecule has 3 rings (SSSR count). The molecular weight excluding hydrogens is 326 g/mol. The van der Waals surface area contributed by atoms with Crippen LogP contribution in [0.25, 0.3) is 10.9 Å². The maximum atomic E-state index is 12.0. The summed E-state index contributed by atoms with van der Waals surface area (Å²) in [6.07, 6.45) is 1.47. The van der Waals surface area contributed by atoms with Gasteiger partial charge in [0, 0.05) is 24.7 Å². The summed E-state index contributed by atoms with van der Waals surface area (Å²) in [6, 6.07) is 12.9. The van der Waals surface area contributed by atoms with Gasteiger partial charge < -0.3 is 9.88 Å². The lowest BCUT2D eigenvalue weighted by molar-refractivity contribution is 0.863. The molecule has 2 aromatic heterocycles. The SMILES string of the molecule is Cc1c(C#N)cccc1[C@@H](C)Nc1ncc(C#N)c2c1ccc(=O)n2C. The summed E-state index contributed by atoms with van der Waals surface area (Å²) < 4.78 is 1.45. The molecule has 0 aliphatic rings. The fourth-order valence-corrected chi connectivity index (χ4v) is 3.14. The molecule has 3 aromatic rings. The topological polar surface area (TPSA) is 94.5 Å². The van der Waals surface area contributed by atoms with Crippen molar-refractivity contribution in [1.29, 1.82) is 10.5 Å². The number of fused-ring (bicyclic) bond motifs is 1. The average Bonchev–Trinajstić information content (AvgIpc) is 2.65. The third-order valence-corrected chi connectivity index (χ3v) is 4.58. The van der Waals surface area contributed by atoms with Gasteiger partial charge in [0.2, 0.25) is 0 Å². The molecule has 0 saturated heterocycles. The van der Waals surface area contributed by atoms with Crippen LogP contribution in [-0.4, -0.2) is 9.55 Å². The summed E-state index contributed by atoms with van der Waals surface area (Å²) in [4.78, 5) is 16.3. The van der Waals surface area contributed by atoms with Crippen molar-refractivity contribution < 1.29 is 0 Å². The minimum atomic E-state index is -0.184. The molecule has 1 N–H and O–H groups in total. The minimum absolute atomic E-state index is 0.107. The Morgan fingerprint density at radius 2 is 1.88 bits per heavy atom. The molecule has 0 aliphatic heterocycles. The Morgan fingerprint density at radius 3 is 2.58 bits per heavy atom. The molecule has 26 heavy (non-hydrogen) atoms. The molecule has 0 bridgehead atoms. The van der Waals surface area contributed by atoms with E-state index in [-0.39, 0.29) is 11.6 Å². The minimum Gasteiger partial charge on any atom is -0.363 e. The molecule has 1 atom stereocenters. The highest BCUT2D eigenvalue weighted by atomic mass is 16.1. The van der Waals surface area contributed by atoms with Gasteiger partial charge in [-0.3, -0.25) is 4.79 Å². The number of nitriles is 2. The normalized spacial score (nSPS) is 11.6. The molecule has 1 aromatic carbocycles. The number of hydrogen-bond donors (Lipinski definition) is 1. The van der Waals surface area contributed by atoms with Gasteiger partial charge in [-0.1, -0.05) is 12.1 Å². The third-order valence-electron chi connectivity index (χ3n) is 4.58. The number of nitrogens with zero attached hydrogens (tertiary/aromatic N) is 4. The Morgan fingerprint density at radius 1 is 1.15 bits per heavy atom. The summed E-state index contributed by atoms with van der Waals surface area (Å²) >= 11 is 0. The maximum absolute atomic E-state index is 12.0. The molecule has 0 saturated carbocycles. The van der Waals surface area contributed by atoms with Gasteiger partial charge >= 0.3 is 0 Å². The van der Waals surface area contributed by atoms with E-state index in [9.17, 15) is 15.3 Å². The van der Waals surface area contributed by atoms with Crippen molar-refractivity contribution in [3.63, 3.8) is 0 Å². The smallest absolute Gasteiger partial charge is 0.250 e. The Labute approximate surface area is 151 Å². The number of nitrogens with one attached hydrogen (secondary N) is 1. The Bertz CT molecular complexity index is 1150. The van der Waals surface area contributed by atoms with Crippen LogP contribution in [0.3, 0.4) is 0 Å².